The van der Waals surface area contributed by atoms with Gasteiger partial charge < -0.3 is 9.84 Å². The Morgan fingerprint density at radius 3 is 3.17 bits per heavy atom. The average Bonchev–Trinajstić information content (AvgIpc) is 2.15. The van der Waals surface area contributed by atoms with Crippen LogP contribution in [0.3, 0.4) is 0 Å². The first kappa shape index (κ1) is 8.57. The molecule has 0 aliphatic carbocycles. The summed E-state index contributed by atoms with van der Waals surface area (Å²) in [5, 5.41) is 8.82. The largest absolute Gasteiger partial charge is 0.479 e. The van der Waals surface area contributed by atoms with Crippen molar-refractivity contribution in [2.45, 2.75) is 6.61 Å². The van der Waals surface area contributed by atoms with Crippen LogP contribution in [0.2, 0.25) is 0 Å². The second-order valence-electron chi connectivity index (χ2n) is 2.10. The van der Waals surface area contributed by atoms with Crippen LogP contribution in [0.15, 0.2) is 18.3 Å². The van der Waals surface area contributed by atoms with E-state index in [1.807, 2.05) is 0 Å². The van der Waals surface area contributed by atoms with E-state index in [0.29, 0.717) is 11.4 Å². The molecule has 12 heavy (non-hydrogen) atoms. The molecule has 0 amide bonds. The molecule has 0 aliphatic heterocycles. The minimum absolute atomic E-state index is 0.138. The van der Waals surface area contributed by atoms with Gasteiger partial charge in [0.15, 0.2) is 0 Å². The summed E-state index contributed by atoms with van der Waals surface area (Å²) in [5.74, 6) is 2.88. The number of hydrogen-bond donors (Lipinski definition) is 1. The van der Waals surface area contributed by atoms with Crippen molar-refractivity contribution in [2.24, 2.45) is 0 Å². The van der Waals surface area contributed by atoms with Crippen LogP contribution in [0.4, 0.5) is 0 Å². The predicted molar refractivity (Wildman–Crippen MR) is 44.5 cm³/mol. The van der Waals surface area contributed by atoms with Gasteiger partial charge in [0.25, 0.3) is 0 Å². The Hall–Kier alpha value is -1.53. The van der Waals surface area contributed by atoms with Crippen molar-refractivity contribution in [3.63, 3.8) is 0 Å². The Balaban J connectivity index is 2.76. The Morgan fingerprint density at radius 2 is 2.50 bits per heavy atom. The summed E-state index contributed by atoms with van der Waals surface area (Å²) in [6.07, 6.45) is 6.60. The van der Waals surface area contributed by atoms with Gasteiger partial charge in [-0.3, -0.25) is 4.98 Å². The molecule has 0 aromatic carbocycles. The van der Waals surface area contributed by atoms with E-state index in [0.717, 1.165) is 0 Å². The third-order valence-corrected chi connectivity index (χ3v) is 1.31. The van der Waals surface area contributed by atoms with E-state index in [1.54, 1.807) is 18.3 Å². The standard InChI is InChI=1S/C9H9NO2/c1-2-6-12-9-4-3-5-10-8(9)7-11/h1,3-5,11H,6-7H2. The average molecular weight is 163 g/mol. The van der Waals surface area contributed by atoms with Gasteiger partial charge in [0.1, 0.15) is 18.1 Å². The van der Waals surface area contributed by atoms with Crippen molar-refractivity contribution in [3.8, 4) is 18.1 Å². The molecule has 0 radical (unpaired) electrons. The van der Waals surface area contributed by atoms with E-state index in [-0.39, 0.29) is 13.2 Å². The Kier molecular flexibility index (Phi) is 3.12. The predicted octanol–water partition coefficient (Wildman–Crippen LogP) is 0.586. The number of pyridine rings is 1. The SMILES string of the molecule is C#CCOc1cccnc1CO. The highest BCUT2D eigenvalue weighted by atomic mass is 16.5. The maximum absolute atomic E-state index is 8.82. The molecule has 3 heteroatoms. The van der Waals surface area contributed by atoms with Crippen LogP contribution in [-0.4, -0.2) is 16.7 Å². The van der Waals surface area contributed by atoms with E-state index in [2.05, 4.69) is 10.9 Å². The number of aromatic nitrogens is 1. The van der Waals surface area contributed by atoms with Gasteiger partial charge in [-0.15, -0.1) is 6.42 Å². The van der Waals surface area contributed by atoms with Crippen molar-refractivity contribution in [2.75, 3.05) is 6.61 Å². The van der Waals surface area contributed by atoms with Crippen LogP contribution in [0.1, 0.15) is 5.69 Å². The van der Waals surface area contributed by atoms with Gasteiger partial charge in [-0.05, 0) is 12.1 Å². The summed E-state index contributed by atoms with van der Waals surface area (Å²) in [6.45, 7) is 0.0550. The van der Waals surface area contributed by atoms with Gasteiger partial charge in [0, 0.05) is 6.20 Å². The molecule has 1 aromatic heterocycles. The summed E-state index contributed by atoms with van der Waals surface area (Å²) in [6, 6.07) is 3.45. The molecule has 0 saturated carbocycles. The fourth-order valence-corrected chi connectivity index (χ4v) is 0.793. The van der Waals surface area contributed by atoms with Gasteiger partial charge in [0.05, 0.1) is 6.61 Å². The van der Waals surface area contributed by atoms with Crippen molar-refractivity contribution < 1.29 is 9.84 Å². The van der Waals surface area contributed by atoms with Crippen molar-refractivity contribution in [1.82, 2.24) is 4.98 Å². The minimum Gasteiger partial charge on any atom is -0.479 e. The molecule has 0 bridgehead atoms. The zero-order chi connectivity index (χ0) is 8.81. The quantitative estimate of drug-likeness (QED) is 0.663. The molecule has 0 aliphatic rings. The Labute approximate surface area is 71.0 Å². The first-order chi connectivity index (χ1) is 5.88. The zero-order valence-electron chi connectivity index (χ0n) is 6.53. The van der Waals surface area contributed by atoms with E-state index in [4.69, 9.17) is 16.3 Å². The molecule has 1 N–H and O–H groups in total. The molecule has 0 fully saturated rings. The van der Waals surface area contributed by atoms with Gasteiger partial charge in [0.2, 0.25) is 0 Å². The van der Waals surface area contributed by atoms with Crippen LogP contribution >= 0.6 is 0 Å². The summed E-state index contributed by atoms with van der Waals surface area (Å²) in [5.41, 5.74) is 0.507. The highest BCUT2D eigenvalue weighted by Gasteiger charge is 2.00. The zero-order valence-corrected chi connectivity index (χ0v) is 6.53. The maximum Gasteiger partial charge on any atom is 0.148 e. The number of rotatable bonds is 3. The van der Waals surface area contributed by atoms with Crippen LogP contribution in [0, 0.1) is 12.3 Å². The molecule has 1 rings (SSSR count). The van der Waals surface area contributed by atoms with Crippen LogP contribution in [0.25, 0.3) is 0 Å². The third kappa shape index (κ3) is 1.97. The molecule has 1 heterocycles. The second-order valence-corrected chi connectivity index (χ2v) is 2.10. The minimum atomic E-state index is -0.138. The topological polar surface area (TPSA) is 42.4 Å². The van der Waals surface area contributed by atoms with E-state index in [1.165, 1.54) is 0 Å². The lowest BCUT2D eigenvalue weighted by Gasteiger charge is -2.04. The molecular formula is C9H9NO2. The fraction of sp³-hybridized carbons (Fsp3) is 0.222. The van der Waals surface area contributed by atoms with Crippen molar-refractivity contribution in [1.29, 1.82) is 0 Å². The highest BCUT2D eigenvalue weighted by molar-refractivity contribution is 5.26. The molecule has 0 unspecified atom stereocenters. The first-order valence-electron chi connectivity index (χ1n) is 3.49. The fourth-order valence-electron chi connectivity index (χ4n) is 0.793. The summed E-state index contributed by atoms with van der Waals surface area (Å²) >= 11 is 0. The van der Waals surface area contributed by atoms with Crippen molar-refractivity contribution >= 4 is 0 Å². The van der Waals surface area contributed by atoms with Crippen LogP contribution in [-0.2, 0) is 6.61 Å². The Bertz CT molecular complexity index is 291. The number of ether oxygens (including phenoxy) is 1. The first-order valence-corrected chi connectivity index (χ1v) is 3.49. The lowest BCUT2D eigenvalue weighted by Crippen LogP contribution is -1.99. The lowest BCUT2D eigenvalue weighted by atomic mass is 10.3. The smallest absolute Gasteiger partial charge is 0.148 e. The highest BCUT2D eigenvalue weighted by Crippen LogP contribution is 2.14. The number of nitrogens with zero attached hydrogens (tertiary/aromatic N) is 1. The van der Waals surface area contributed by atoms with Gasteiger partial charge in [-0.1, -0.05) is 5.92 Å². The van der Waals surface area contributed by atoms with E-state index >= 15 is 0 Å². The van der Waals surface area contributed by atoms with Gasteiger partial charge >= 0.3 is 0 Å². The van der Waals surface area contributed by atoms with E-state index in [9.17, 15) is 0 Å². The summed E-state index contributed by atoms with van der Waals surface area (Å²) < 4.78 is 5.12. The van der Waals surface area contributed by atoms with Crippen LogP contribution in [0.5, 0.6) is 5.75 Å². The number of hydrogen-bond acceptors (Lipinski definition) is 3. The van der Waals surface area contributed by atoms with Gasteiger partial charge in [-0.2, -0.15) is 0 Å². The molecular weight excluding hydrogens is 154 g/mol. The second kappa shape index (κ2) is 4.37. The molecule has 62 valence electrons. The number of aliphatic hydroxyl groups excluding tert-OH is 1. The third-order valence-electron chi connectivity index (χ3n) is 1.31. The van der Waals surface area contributed by atoms with Gasteiger partial charge in [-0.25, -0.2) is 0 Å². The molecule has 0 spiro atoms. The van der Waals surface area contributed by atoms with Crippen molar-refractivity contribution in [3.05, 3.63) is 24.0 Å². The normalized spacial score (nSPS) is 9.00. The van der Waals surface area contributed by atoms with Crippen LogP contribution < -0.4 is 4.74 Å². The molecule has 0 atom stereocenters. The molecule has 1 aromatic rings. The molecule has 3 nitrogen and oxygen atoms in total. The lowest BCUT2D eigenvalue weighted by molar-refractivity contribution is 0.265. The Morgan fingerprint density at radius 1 is 1.67 bits per heavy atom. The number of terminal acetylenes is 1. The summed E-state index contributed by atoms with van der Waals surface area (Å²) in [7, 11) is 0. The monoisotopic (exact) mass is 163 g/mol. The number of aliphatic hydroxyl groups is 1. The maximum atomic E-state index is 8.82. The summed E-state index contributed by atoms with van der Waals surface area (Å²) in [4.78, 5) is 3.91. The van der Waals surface area contributed by atoms with E-state index < -0.39 is 0 Å². The molecule has 0 saturated heterocycles.